The molecule has 0 aromatic rings. The highest BCUT2D eigenvalue weighted by Crippen LogP contribution is 2.12. The third kappa shape index (κ3) is 16.2. The lowest BCUT2D eigenvalue weighted by molar-refractivity contribution is -0.771. The fraction of sp³-hybridized carbons (Fsp3) is 1.00. The van der Waals surface area contributed by atoms with E-state index in [1.807, 2.05) is 0 Å². The molecule has 0 aromatic heterocycles. The third-order valence-electron chi connectivity index (χ3n) is 3.29. The number of quaternary nitrogens is 1. The summed E-state index contributed by atoms with van der Waals surface area (Å²) in [7, 11) is 4.11. The van der Waals surface area contributed by atoms with Crippen LogP contribution in [0.2, 0.25) is 0 Å². The summed E-state index contributed by atoms with van der Waals surface area (Å²) in [6.45, 7) is 3.37. The first-order valence-electron chi connectivity index (χ1n) is 7.59. The molecule has 0 aliphatic heterocycles. The highest BCUT2D eigenvalue weighted by molar-refractivity contribution is 6.06. The van der Waals surface area contributed by atoms with Crippen LogP contribution in [0, 0.1) is 0 Å². The fourth-order valence-electron chi connectivity index (χ4n) is 2.15. The van der Waals surface area contributed by atoms with Gasteiger partial charge in [0.25, 0.3) is 0 Å². The minimum Gasteiger partial charge on any atom is -0.227 e. The normalized spacial score (nSPS) is 12.0. The molecule has 0 bridgehead atoms. The summed E-state index contributed by atoms with van der Waals surface area (Å²) in [5.41, 5.74) is 0. The molecular weight excluding hydrogens is 230 g/mol. The molecule has 0 fully saturated rings. The molecule has 0 rings (SSSR count). The summed E-state index contributed by atoms with van der Waals surface area (Å²) in [6.07, 6.45) is 15.4. The Morgan fingerprint density at radius 3 is 1.35 bits per heavy atom. The third-order valence-corrected chi connectivity index (χ3v) is 3.46. The zero-order chi connectivity index (χ0) is 13.0. The number of hydrogen-bond acceptors (Lipinski definition) is 0. The molecule has 0 amide bonds. The molecule has 0 radical (unpaired) electrons. The number of hydrogen-bond donors (Lipinski definition) is 0. The van der Waals surface area contributed by atoms with Gasteiger partial charge in [0.15, 0.2) is 11.8 Å². The van der Waals surface area contributed by atoms with E-state index in [-0.39, 0.29) is 0 Å². The zero-order valence-corrected chi connectivity index (χ0v) is 13.1. The van der Waals surface area contributed by atoms with E-state index < -0.39 is 0 Å². The molecule has 0 aliphatic rings. The van der Waals surface area contributed by atoms with Crippen molar-refractivity contribution in [3.8, 4) is 0 Å². The summed E-state index contributed by atoms with van der Waals surface area (Å²) < 4.78 is 0.595. The van der Waals surface area contributed by atoms with Crippen molar-refractivity contribution in [3.63, 3.8) is 0 Å². The van der Waals surface area contributed by atoms with Crippen LogP contribution in [0.5, 0.6) is 0 Å². The van der Waals surface area contributed by atoms with Crippen LogP contribution in [-0.4, -0.2) is 24.6 Å². The minimum absolute atomic E-state index is 0.595. The lowest BCUT2D eigenvalue weighted by Gasteiger charge is -2.17. The summed E-state index contributed by atoms with van der Waals surface area (Å²) in [4.78, 5) is 0. The largest absolute Gasteiger partial charge is 0.227 e. The molecule has 104 valence electrons. The molecule has 2 heteroatoms. The summed E-state index contributed by atoms with van der Waals surface area (Å²) in [5, 5.41) is 0. The van der Waals surface area contributed by atoms with Gasteiger partial charge in [-0.05, 0) is 12.8 Å². The molecule has 0 aliphatic carbocycles. The van der Waals surface area contributed by atoms with E-state index >= 15 is 0 Å². The molecule has 17 heavy (non-hydrogen) atoms. The quantitative estimate of drug-likeness (QED) is 0.321. The van der Waals surface area contributed by atoms with Gasteiger partial charge in [0.05, 0.1) is 20.6 Å². The van der Waals surface area contributed by atoms with Crippen molar-refractivity contribution in [1.82, 2.24) is 0 Å². The van der Waals surface area contributed by atoms with Crippen LogP contribution in [0.1, 0.15) is 77.6 Å². The Hall–Kier alpha value is 0.250. The average Bonchev–Trinajstić information content (AvgIpc) is 2.24. The summed E-state index contributed by atoms with van der Waals surface area (Å²) >= 11 is 6.09. The molecule has 0 unspecified atom stereocenters. The Labute approximate surface area is 114 Å². The standard InChI is InChI=1S/C15H33ClN/c1-4-5-6-7-8-9-10-11-12-13-14-15-17(2,3)16/h4-15H2,1-3H3/q+1. The molecular formula is C15H33ClN+. The second kappa shape index (κ2) is 11.3. The van der Waals surface area contributed by atoms with Gasteiger partial charge in [-0.2, -0.15) is 0 Å². The maximum atomic E-state index is 6.09. The number of nitrogens with zero attached hydrogens (tertiary/aromatic N) is 1. The van der Waals surface area contributed by atoms with Crippen molar-refractivity contribution >= 4 is 11.8 Å². The Balaban J connectivity index is 2.99. The van der Waals surface area contributed by atoms with E-state index in [0.717, 1.165) is 6.54 Å². The molecule has 0 saturated carbocycles. The lowest BCUT2D eigenvalue weighted by atomic mass is 10.1. The van der Waals surface area contributed by atoms with Gasteiger partial charge in [0.2, 0.25) is 0 Å². The van der Waals surface area contributed by atoms with Gasteiger partial charge in [-0.3, -0.25) is 0 Å². The molecule has 0 saturated heterocycles. The van der Waals surface area contributed by atoms with Crippen LogP contribution < -0.4 is 0 Å². The van der Waals surface area contributed by atoms with Gasteiger partial charge >= 0.3 is 0 Å². The van der Waals surface area contributed by atoms with Gasteiger partial charge in [0, 0.05) is 0 Å². The fourth-order valence-corrected chi connectivity index (χ4v) is 2.27. The van der Waals surface area contributed by atoms with Crippen molar-refractivity contribution in [2.45, 2.75) is 77.6 Å². The van der Waals surface area contributed by atoms with Gasteiger partial charge in [0.1, 0.15) is 0 Å². The van der Waals surface area contributed by atoms with Crippen LogP contribution >= 0.6 is 11.8 Å². The molecule has 0 aromatic carbocycles. The Morgan fingerprint density at radius 2 is 1.00 bits per heavy atom. The molecule has 0 N–H and O–H groups in total. The SMILES string of the molecule is CCCCCCCCCCCCC[N+](C)(C)Cl. The van der Waals surface area contributed by atoms with E-state index in [1.165, 1.54) is 70.6 Å². The van der Waals surface area contributed by atoms with E-state index in [0.29, 0.717) is 4.00 Å². The first-order chi connectivity index (χ1) is 8.06. The minimum atomic E-state index is 0.595. The van der Waals surface area contributed by atoms with E-state index in [4.69, 9.17) is 11.8 Å². The van der Waals surface area contributed by atoms with Crippen LogP contribution in [0.25, 0.3) is 0 Å². The maximum Gasteiger partial charge on any atom is 0.164 e. The molecule has 0 spiro atoms. The molecule has 0 atom stereocenters. The summed E-state index contributed by atoms with van der Waals surface area (Å²) in [6, 6.07) is 0. The van der Waals surface area contributed by atoms with Crippen molar-refractivity contribution < 1.29 is 4.00 Å². The zero-order valence-electron chi connectivity index (χ0n) is 12.3. The first kappa shape index (κ1) is 17.2. The van der Waals surface area contributed by atoms with Crippen molar-refractivity contribution in [2.24, 2.45) is 0 Å². The highest BCUT2D eigenvalue weighted by atomic mass is 35.5. The van der Waals surface area contributed by atoms with Crippen LogP contribution in [-0.2, 0) is 0 Å². The highest BCUT2D eigenvalue weighted by Gasteiger charge is 2.09. The lowest BCUT2D eigenvalue weighted by Crippen LogP contribution is -2.28. The van der Waals surface area contributed by atoms with Gasteiger partial charge in [-0.1, -0.05) is 64.7 Å². The molecule has 0 heterocycles. The van der Waals surface area contributed by atoms with Crippen LogP contribution in [0.3, 0.4) is 0 Å². The summed E-state index contributed by atoms with van der Waals surface area (Å²) in [5.74, 6) is 0. The second-order valence-corrected chi connectivity index (χ2v) is 6.71. The molecule has 1 nitrogen and oxygen atoms in total. The maximum absolute atomic E-state index is 6.09. The predicted octanol–water partition coefficient (Wildman–Crippen LogP) is 5.53. The Morgan fingerprint density at radius 1 is 0.647 bits per heavy atom. The topological polar surface area (TPSA) is 0 Å². The number of rotatable bonds is 12. The average molecular weight is 263 g/mol. The van der Waals surface area contributed by atoms with E-state index in [9.17, 15) is 0 Å². The van der Waals surface area contributed by atoms with Gasteiger partial charge in [-0.15, -0.1) is 0 Å². The van der Waals surface area contributed by atoms with E-state index in [1.54, 1.807) is 0 Å². The van der Waals surface area contributed by atoms with Crippen molar-refractivity contribution in [1.29, 1.82) is 0 Å². The predicted molar refractivity (Wildman–Crippen MR) is 79.3 cm³/mol. The Kier molecular flexibility index (Phi) is 11.5. The number of unbranched alkanes of at least 4 members (excludes halogenated alkanes) is 10. The van der Waals surface area contributed by atoms with Gasteiger partial charge < -0.3 is 0 Å². The van der Waals surface area contributed by atoms with Crippen LogP contribution in [0.4, 0.5) is 0 Å². The Bertz CT molecular complexity index is 151. The second-order valence-electron chi connectivity index (χ2n) is 5.80. The van der Waals surface area contributed by atoms with Crippen molar-refractivity contribution in [3.05, 3.63) is 0 Å². The number of halogens is 1. The van der Waals surface area contributed by atoms with Crippen molar-refractivity contribution in [2.75, 3.05) is 20.6 Å². The first-order valence-corrected chi connectivity index (χ1v) is 7.92. The smallest absolute Gasteiger partial charge is 0.164 e. The van der Waals surface area contributed by atoms with Crippen LogP contribution in [0.15, 0.2) is 0 Å². The van der Waals surface area contributed by atoms with Gasteiger partial charge in [-0.25, -0.2) is 4.00 Å². The monoisotopic (exact) mass is 262 g/mol. The van der Waals surface area contributed by atoms with E-state index in [2.05, 4.69) is 21.0 Å².